The largest absolute Gasteiger partial charge is 0.505 e. The normalized spacial score (nSPS) is 16.0. The minimum atomic E-state index is -0.958. The van der Waals surface area contributed by atoms with Crippen LogP contribution in [-0.2, 0) is 6.42 Å². The number of carbonyl (C=O) groups excluding carboxylic acids is 1. The van der Waals surface area contributed by atoms with Crippen LogP contribution in [0.3, 0.4) is 0 Å². The van der Waals surface area contributed by atoms with Crippen LogP contribution in [0.25, 0.3) is 5.65 Å². The molecule has 20 heavy (non-hydrogen) atoms. The monoisotopic (exact) mass is 273 g/mol. The lowest BCUT2D eigenvalue weighted by atomic mass is 9.98. The van der Waals surface area contributed by atoms with Gasteiger partial charge in [-0.25, -0.2) is 9.50 Å². The second kappa shape index (κ2) is 5.11. The molecule has 6 nitrogen and oxygen atoms in total. The summed E-state index contributed by atoms with van der Waals surface area (Å²) in [5, 5.41) is 13.9. The quantitative estimate of drug-likeness (QED) is 0.922. The molecule has 0 aromatic carbocycles. The Morgan fingerprint density at radius 1 is 1.45 bits per heavy atom. The maximum absolute atomic E-state index is 11.3. The number of aromatic nitrogens is 3. The molecular formula is C14H17N4O2. The number of aromatic hydroxyl groups is 1. The fourth-order valence-corrected chi connectivity index (χ4v) is 3.09. The molecule has 1 radical (unpaired) electrons. The Balaban J connectivity index is 1.93. The van der Waals surface area contributed by atoms with Crippen molar-refractivity contribution in [2.24, 2.45) is 5.92 Å². The molecule has 0 spiro atoms. The van der Waals surface area contributed by atoms with E-state index >= 15 is 0 Å². The predicted molar refractivity (Wildman–Crippen MR) is 72.4 cm³/mol. The van der Waals surface area contributed by atoms with Crippen molar-refractivity contribution in [2.75, 3.05) is 0 Å². The van der Waals surface area contributed by atoms with Crippen LogP contribution in [0.2, 0.25) is 0 Å². The molecule has 0 atom stereocenters. The lowest BCUT2D eigenvalue weighted by Gasteiger charge is -2.11. The smallest absolute Gasteiger partial charge is 0.292 e. The molecule has 2 aromatic rings. The Labute approximate surface area is 116 Å². The summed E-state index contributed by atoms with van der Waals surface area (Å²) in [4.78, 5) is 15.4. The van der Waals surface area contributed by atoms with Crippen LogP contribution in [0.1, 0.15) is 48.2 Å². The van der Waals surface area contributed by atoms with Crippen LogP contribution in [-0.4, -0.2) is 25.6 Å². The highest BCUT2D eigenvalue weighted by Crippen LogP contribution is 2.30. The zero-order valence-corrected chi connectivity index (χ0v) is 11.2. The van der Waals surface area contributed by atoms with E-state index in [1.54, 1.807) is 6.07 Å². The third kappa shape index (κ3) is 2.21. The first-order valence-electron chi connectivity index (χ1n) is 6.97. The molecule has 1 saturated carbocycles. The molecule has 1 fully saturated rings. The molecule has 0 bridgehead atoms. The van der Waals surface area contributed by atoms with Gasteiger partial charge in [0.15, 0.2) is 11.3 Å². The number of pyridine rings is 1. The van der Waals surface area contributed by atoms with Crippen molar-refractivity contribution >= 4 is 11.6 Å². The maximum Gasteiger partial charge on any atom is 0.292 e. The number of fused-ring (bicyclic) bond motifs is 1. The number of carbonyl (C=O) groups is 1. The third-order valence-electron chi connectivity index (χ3n) is 4.11. The van der Waals surface area contributed by atoms with E-state index < -0.39 is 5.91 Å². The van der Waals surface area contributed by atoms with E-state index in [1.807, 2.05) is 0 Å². The van der Waals surface area contributed by atoms with E-state index in [1.165, 1.54) is 36.5 Å². The summed E-state index contributed by atoms with van der Waals surface area (Å²) in [6.07, 6.45) is 8.39. The van der Waals surface area contributed by atoms with Gasteiger partial charge in [0.1, 0.15) is 12.1 Å². The van der Waals surface area contributed by atoms with Crippen molar-refractivity contribution < 1.29 is 9.90 Å². The van der Waals surface area contributed by atoms with Gasteiger partial charge in [-0.2, -0.15) is 5.10 Å². The van der Waals surface area contributed by atoms with Gasteiger partial charge < -0.3 is 5.11 Å². The number of hydrogen-bond donors (Lipinski definition) is 1. The van der Waals surface area contributed by atoms with Crippen LogP contribution in [0, 0.1) is 5.92 Å². The Hall–Kier alpha value is -2.11. The van der Waals surface area contributed by atoms with Crippen LogP contribution >= 0.6 is 0 Å². The summed E-state index contributed by atoms with van der Waals surface area (Å²) in [5.41, 5.74) is 8.53. The number of rotatable bonds is 4. The van der Waals surface area contributed by atoms with Crippen molar-refractivity contribution in [3.8, 4) is 5.75 Å². The number of amides is 1. The lowest BCUT2D eigenvalue weighted by Crippen LogP contribution is -2.10. The first-order valence-corrected chi connectivity index (χ1v) is 6.97. The van der Waals surface area contributed by atoms with Crippen molar-refractivity contribution in [2.45, 2.75) is 38.5 Å². The standard InChI is InChI=1S/C14H17N4O2/c15-13(20)12-11(19)7-10(14-16-8-17-18(12)14)6-5-9-3-1-2-4-9/h7-9,15,19H,1-6H2. The van der Waals surface area contributed by atoms with Crippen LogP contribution in [0.5, 0.6) is 5.75 Å². The summed E-state index contributed by atoms with van der Waals surface area (Å²) >= 11 is 0. The molecule has 6 heteroatoms. The first kappa shape index (κ1) is 12.9. The van der Waals surface area contributed by atoms with Gasteiger partial charge in [0.25, 0.3) is 5.91 Å². The minimum Gasteiger partial charge on any atom is -0.505 e. The highest BCUT2D eigenvalue weighted by molar-refractivity contribution is 5.94. The predicted octanol–water partition coefficient (Wildman–Crippen LogP) is 1.98. The topological polar surface area (TPSA) is 91.3 Å². The molecular weight excluding hydrogens is 256 g/mol. The molecule has 1 amide bonds. The second-order valence-corrected chi connectivity index (χ2v) is 5.42. The number of hydrogen-bond acceptors (Lipinski definition) is 4. The van der Waals surface area contributed by atoms with Gasteiger partial charge in [-0.05, 0) is 24.8 Å². The Kier molecular flexibility index (Phi) is 3.30. The van der Waals surface area contributed by atoms with Gasteiger partial charge in [0, 0.05) is 5.56 Å². The molecule has 0 unspecified atom stereocenters. The minimum absolute atomic E-state index is 0.123. The van der Waals surface area contributed by atoms with Crippen molar-refractivity contribution in [1.29, 1.82) is 0 Å². The third-order valence-corrected chi connectivity index (χ3v) is 4.11. The summed E-state index contributed by atoms with van der Waals surface area (Å²) in [6.45, 7) is 0. The molecule has 2 aromatic heterocycles. The summed E-state index contributed by atoms with van der Waals surface area (Å²) < 4.78 is 1.27. The van der Waals surface area contributed by atoms with Crippen LogP contribution in [0.4, 0.5) is 0 Å². The second-order valence-electron chi connectivity index (χ2n) is 5.42. The summed E-state index contributed by atoms with van der Waals surface area (Å²) in [6, 6.07) is 1.56. The lowest BCUT2D eigenvalue weighted by molar-refractivity contribution is 0.0982. The van der Waals surface area contributed by atoms with Gasteiger partial charge in [0.2, 0.25) is 0 Å². The summed E-state index contributed by atoms with van der Waals surface area (Å²) in [7, 11) is 0. The fraction of sp³-hybridized carbons (Fsp3) is 0.500. The van der Waals surface area contributed by atoms with E-state index in [0.717, 1.165) is 24.3 Å². The molecule has 2 N–H and O–H groups in total. The highest BCUT2D eigenvalue weighted by atomic mass is 16.3. The zero-order chi connectivity index (χ0) is 14.1. The molecule has 3 rings (SSSR count). The van der Waals surface area contributed by atoms with Crippen LogP contribution < -0.4 is 5.73 Å². The van der Waals surface area contributed by atoms with Crippen molar-refractivity contribution in [1.82, 2.24) is 20.3 Å². The fourth-order valence-electron chi connectivity index (χ4n) is 3.09. The zero-order valence-electron chi connectivity index (χ0n) is 11.2. The van der Waals surface area contributed by atoms with E-state index in [0.29, 0.717) is 5.65 Å². The van der Waals surface area contributed by atoms with Crippen molar-refractivity contribution in [3.05, 3.63) is 23.7 Å². The Morgan fingerprint density at radius 2 is 2.20 bits per heavy atom. The number of nitrogens with one attached hydrogen (secondary N) is 1. The summed E-state index contributed by atoms with van der Waals surface area (Å²) in [5.74, 6) is -0.401. The Bertz CT molecular complexity index is 644. The van der Waals surface area contributed by atoms with Gasteiger partial charge in [-0.15, -0.1) is 0 Å². The molecule has 2 heterocycles. The van der Waals surface area contributed by atoms with Crippen molar-refractivity contribution in [3.63, 3.8) is 0 Å². The van der Waals surface area contributed by atoms with Crippen LogP contribution in [0.15, 0.2) is 12.4 Å². The van der Waals surface area contributed by atoms with Gasteiger partial charge in [-0.3, -0.25) is 10.5 Å². The molecule has 1 aliphatic carbocycles. The molecule has 105 valence electrons. The van der Waals surface area contributed by atoms with Gasteiger partial charge in [-0.1, -0.05) is 25.7 Å². The first-order chi connectivity index (χ1) is 9.66. The van der Waals surface area contributed by atoms with E-state index in [-0.39, 0.29) is 11.4 Å². The average Bonchev–Trinajstić information content (AvgIpc) is 3.06. The number of nitrogens with zero attached hydrogens (tertiary/aromatic N) is 3. The van der Waals surface area contributed by atoms with E-state index in [4.69, 9.17) is 5.73 Å². The van der Waals surface area contributed by atoms with Gasteiger partial charge in [0.05, 0.1) is 0 Å². The maximum atomic E-state index is 11.3. The number of aryl methyl sites for hydroxylation is 1. The highest BCUT2D eigenvalue weighted by Gasteiger charge is 2.20. The molecule has 0 aliphatic heterocycles. The van der Waals surface area contributed by atoms with E-state index in [9.17, 15) is 9.90 Å². The average molecular weight is 273 g/mol. The van der Waals surface area contributed by atoms with E-state index in [2.05, 4.69) is 10.1 Å². The Morgan fingerprint density at radius 3 is 2.90 bits per heavy atom. The van der Waals surface area contributed by atoms with Gasteiger partial charge >= 0.3 is 0 Å². The SMILES string of the molecule is [NH]C(=O)c1c(O)cc(CCC2CCCC2)c2ncnn12. The molecule has 0 saturated heterocycles. The molecule has 1 aliphatic rings.